The molecule has 3 aromatic rings. The van der Waals surface area contributed by atoms with E-state index in [-0.39, 0.29) is 0 Å². The summed E-state index contributed by atoms with van der Waals surface area (Å²) in [5.41, 5.74) is 2.14. The van der Waals surface area contributed by atoms with Gasteiger partial charge < -0.3 is 4.42 Å². The van der Waals surface area contributed by atoms with Crippen molar-refractivity contribution in [2.75, 3.05) is 0 Å². The molecule has 2 aromatic heterocycles. The quantitative estimate of drug-likeness (QED) is 0.643. The minimum atomic E-state index is 0.731. The van der Waals surface area contributed by atoms with Crippen LogP contribution in [0.5, 0.6) is 0 Å². The van der Waals surface area contributed by atoms with Gasteiger partial charge in [-0.05, 0) is 55.1 Å². The van der Waals surface area contributed by atoms with Crippen LogP contribution in [0.15, 0.2) is 80.3 Å². The molecule has 0 aliphatic carbocycles. The normalized spacial score (nSPS) is 11.1. The fourth-order valence-electron chi connectivity index (χ4n) is 1.74. The molecule has 0 saturated heterocycles. The monoisotopic (exact) mass is 294 g/mol. The maximum Gasteiger partial charge on any atom is 0.167 e. The Kier molecular flexibility index (Phi) is 4.17. The zero-order valence-corrected chi connectivity index (χ0v) is 12.4. The van der Waals surface area contributed by atoms with E-state index in [1.54, 1.807) is 12.4 Å². The lowest BCUT2D eigenvalue weighted by molar-refractivity contribution is 0.469. The molecule has 4 heteroatoms. The van der Waals surface area contributed by atoms with E-state index < -0.39 is 0 Å². The van der Waals surface area contributed by atoms with Crippen molar-refractivity contribution in [2.45, 2.75) is 17.0 Å². The molecule has 0 amide bonds. The molecular weight excluding hydrogens is 280 g/mol. The number of rotatable bonds is 4. The third kappa shape index (κ3) is 3.83. The smallest absolute Gasteiger partial charge is 0.167 e. The van der Waals surface area contributed by atoms with Gasteiger partial charge >= 0.3 is 0 Å². The summed E-state index contributed by atoms with van der Waals surface area (Å²) in [5, 5.41) is 1.72. The summed E-state index contributed by atoms with van der Waals surface area (Å²) in [7, 11) is 0. The Hall–Kier alpha value is -2.33. The van der Waals surface area contributed by atoms with Gasteiger partial charge in [-0.1, -0.05) is 23.8 Å². The molecule has 0 saturated carbocycles. The molecule has 3 nitrogen and oxygen atoms in total. The average molecular weight is 294 g/mol. The molecule has 0 bridgehead atoms. The number of furan rings is 1. The molecule has 0 atom stereocenters. The van der Waals surface area contributed by atoms with E-state index in [9.17, 15) is 0 Å². The Morgan fingerprint density at radius 1 is 1.05 bits per heavy atom. The highest BCUT2D eigenvalue weighted by molar-refractivity contribution is 7.99. The lowest BCUT2D eigenvalue weighted by Gasteiger charge is -1.95. The molecule has 0 N–H and O–H groups in total. The van der Waals surface area contributed by atoms with Gasteiger partial charge in [-0.3, -0.25) is 4.99 Å². The van der Waals surface area contributed by atoms with Crippen molar-refractivity contribution in [3.63, 3.8) is 0 Å². The maximum absolute atomic E-state index is 5.71. The number of benzene rings is 1. The van der Waals surface area contributed by atoms with E-state index in [0.717, 1.165) is 21.6 Å². The predicted molar refractivity (Wildman–Crippen MR) is 85.5 cm³/mol. The van der Waals surface area contributed by atoms with Crippen molar-refractivity contribution in [3.8, 4) is 0 Å². The highest BCUT2D eigenvalue weighted by Gasteiger charge is 2.03. The first-order valence-electron chi connectivity index (χ1n) is 6.59. The van der Waals surface area contributed by atoms with Gasteiger partial charge in [0.15, 0.2) is 5.09 Å². The van der Waals surface area contributed by atoms with E-state index in [1.165, 1.54) is 17.3 Å². The van der Waals surface area contributed by atoms with Crippen LogP contribution in [0, 0.1) is 6.92 Å². The van der Waals surface area contributed by atoms with Crippen molar-refractivity contribution >= 4 is 23.7 Å². The van der Waals surface area contributed by atoms with Crippen LogP contribution in [0.4, 0.5) is 5.69 Å². The molecule has 0 fully saturated rings. The lowest BCUT2D eigenvalue weighted by atomic mass is 10.2. The van der Waals surface area contributed by atoms with E-state index >= 15 is 0 Å². The summed E-state index contributed by atoms with van der Waals surface area (Å²) in [6.45, 7) is 2.06. The maximum atomic E-state index is 5.71. The van der Waals surface area contributed by atoms with Crippen LogP contribution < -0.4 is 0 Å². The summed E-state index contributed by atoms with van der Waals surface area (Å²) in [6.07, 6.45) is 3.50. The molecule has 104 valence electrons. The van der Waals surface area contributed by atoms with Crippen molar-refractivity contribution in [3.05, 3.63) is 72.1 Å². The van der Waals surface area contributed by atoms with E-state index in [4.69, 9.17) is 4.42 Å². The first kappa shape index (κ1) is 13.6. The minimum absolute atomic E-state index is 0.731. The molecule has 0 aliphatic rings. The number of hydrogen-bond acceptors (Lipinski definition) is 4. The number of hydrogen-bond donors (Lipinski definition) is 0. The molecule has 3 rings (SSSR count). The van der Waals surface area contributed by atoms with Gasteiger partial charge in [0.1, 0.15) is 10.8 Å². The van der Waals surface area contributed by atoms with Crippen LogP contribution in [0.1, 0.15) is 11.3 Å². The lowest BCUT2D eigenvalue weighted by Crippen LogP contribution is -1.76. The fourth-order valence-corrected chi connectivity index (χ4v) is 2.48. The van der Waals surface area contributed by atoms with E-state index in [0.29, 0.717) is 0 Å². The standard InChI is InChI=1S/C17H14N2OS/c1-13-5-7-14(8-6-13)19-12-15-9-10-17(20-15)21-16-4-2-3-11-18-16/h2-12H,1H3. The largest absolute Gasteiger partial charge is 0.448 e. The molecule has 0 unspecified atom stereocenters. The molecule has 2 heterocycles. The molecule has 1 aromatic carbocycles. The van der Waals surface area contributed by atoms with E-state index in [2.05, 4.69) is 16.9 Å². The average Bonchev–Trinajstić information content (AvgIpc) is 2.95. The Morgan fingerprint density at radius 3 is 2.67 bits per heavy atom. The zero-order chi connectivity index (χ0) is 14.5. The topological polar surface area (TPSA) is 38.4 Å². The second kappa shape index (κ2) is 6.41. The number of aromatic nitrogens is 1. The third-order valence-corrected chi connectivity index (χ3v) is 3.69. The predicted octanol–water partition coefficient (Wildman–Crippen LogP) is 4.88. The van der Waals surface area contributed by atoms with Gasteiger partial charge in [0.2, 0.25) is 0 Å². The second-order valence-corrected chi connectivity index (χ2v) is 5.55. The van der Waals surface area contributed by atoms with Gasteiger partial charge in [0.05, 0.1) is 11.9 Å². The van der Waals surface area contributed by atoms with Crippen LogP contribution in [0.3, 0.4) is 0 Å². The number of aryl methyl sites for hydroxylation is 1. The highest BCUT2D eigenvalue weighted by Crippen LogP contribution is 2.27. The molecule has 0 radical (unpaired) electrons. The van der Waals surface area contributed by atoms with E-state index in [1.807, 2.05) is 54.6 Å². The first-order chi connectivity index (χ1) is 10.3. The van der Waals surface area contributed by atoms with Crippen LogP contribution in [0.25, 0.3) is 0 Å². The summed E-state index contributed by atoms with van der Waals surface area (Å²) in [4.78, 5) is 8.65. The second-order valence-electron chi connectivity index (χ2n) is 4.52. The highest BCUT2D eigenvalue weighted by atomic mass is 32.2. The van der Waals surface area contributed by atoms with Gasteiger partial charge in [-0.15, -0.1) is 0 Å². The molecular formula is C17H14N2OS. The Morgan fingerprint density at radius 2 is 1.90 bits per heavy atom. The van der Waals surface area contributed by atoms with Crippen LogP contribution >= 0.6 is 11.8 Å². The van der Waals surface area contributed by atoms with Crippen molar-refractivity contribution in [1.29, 1.82) is 0 Å². The summed E-state index contributed by atoms with van der Waals surface area (Å²) >= 11 is 1.49. The Balaban J connectivity index is 1.69. The van der Waals surface area contributed by atoms with Gasteiger partial charge in [-0.25, -0.2) is 4.98 Å². The molecule has 0 aliphatic heterocycles. The Labute approximate surface area is 127 Å². The van der Waals surface area contributed by atoms with Crippen LogP contribution in [-0.4, -0.2) is 11.2 Å². The van der Waals surface area contributed by atoms with Gasteiger partial charge in [-0.2, -0.15) is 0 Å². The number of pyridine rings is 1. The SMILES string of the molecule is Cc1ccc(N=Cc2ccc(Sc3ccccn3)o2)cc1. The van der Waals surface area contributed by atoms with Gasteiger partial charge in [0, 0.05) is 6.20 Å². The zero-order valence-electron chi connectivity index (χ0n) is 11.6. The van der Waals surface area contributed by atoms with Crippen molar-refractivity contribution in [2.24, 2.45) is 4.99 Å². The number of nitrogens with zero attached hydrogens (tertiary/aromatic N) is 2. The van der Waals surface area contributed by atoms with Gasteiger partial charge in [0.25, 0.3) is 0 Å². The molecule has 21 heavy (non-hydrogen) atoms. The minimum Gasteiger partial charge on any atom is -0.448 e. The number of aliphatic imine (C=N–C) groups is 1. The summed E-state index contributed by atoms with van der Waals surface area (Å²) in [6, 6.07) is 17.7. The summed E-state index contributed by atoms with van der Waals surface area (Å²) in [5.74, 6) is 0.731. The van der Waals surface area contributed by atoms with Crippen molar-refractivity contribution < 1.29 is 4.42 Å². The Bertz CT molecular complexity index is 733. The van der Waals surface area contributed by atoms with Crippen LogP contribution in [-0.2, 0) is 0 Å². The fraction of sp³-hybridized carbons (Fsp3) is 0.0588. The first-order valence-corrected chi connectivity index (χ1v) is 7.41. The van der Waals surface area contributed by atoms with Crippen molar-refractivity contribution in [1.82, 2.24) is 4.98 Å². The van der Waals surface area contributed by atoms with Crippen LogP contribution in [0.2, 0.25) is 0 Å². The molecule has 0 spiro atoms. The third-order valence-electron chi connectivity index (χ3n) is 2.82. The summed E-state index contributed by atoms with van der Waals surface area (Å²) < 4.78 is 5.71.